The van der Waals surface area contributed by atoms with Crippen molar-refractivity contribution in [2.75, 3.05) is 0 Å². The molecule has 0 saturated heterocycles. The summed E-state index contributed by atoms with van der Waals surface area (Å²) in [6.07, 6.45) is 1.04. The van der Waals surface area contributed by atoms with E-state index >= 15 is 0 Å². The molecule has 0 aromatic carbocycles. The normalized spacial score (nSPS) is 11.1. The zero-order valence-corrected chi connectivity index (χ0v) is 7.87. The number of nitriles is 1. The third-order valence-corrected chi connectivity index (χ3v) is 1.77. The third kappa shape index (κ3) is 2.02. The lowest BCUT2D eigenvalue weighted by atomic mass is 10.2. The van der Waals surface area contributed by atoms with Gasteiger partial charge in [0.1, 0.15) is 17.6 Å². The Morgan fingerprint density at radius 1 is 1.71 bits per heavy atom. The molecular formula is C10H9NO3. The molecule has 1 rings (SSSR count). The van der Waals surface area contributed by atoms with Crippen molar-refractivity contribution in [3.8, 4) is 6.07 Å². The Kier molecular flexibility index (Phi) is 2.73. The predicted molar refractivity (Wildman–Crippen MR) is 49.4 cm³/mol. The maximum Gasteiger partial charge on any atom is 0.328 e. The summed E-state index contributed by atoms with van der Waals surface area (Å²) in [7, 11) is 0. The van der Waals surface area contributed by atoms with Gasteiger partial charge in [0.05, 0.1) is 5.56 Å². The molecule has 1 heterocycles. The van der Waals surface area contributed by atoms with Crippen molar-refractivity contribution in [1.29, 1.82) is 5.26 Å². The van der Waals surface area contributed by atoms with Crippen molar-refractivity contribution in [3.05, 3.63) is 29.2 Å². The second kappa shape index (κ2) is 3.79. The average Bonchev–Trinajstić information content (AvgIpc) is 2.45. The molecule has 1 aromatic rings. The molecule has 0 saturated carbocycles. The van der Waals surface area contributed by atoms with E-state index in [1.165, 1.54) is 6.07 Å². The Balaban J connectivity index is 3.10. The highest BCUT2D eigenvalue weighted by Crippen LogP contribution is 2.20. The molecule has 0 aliphatic rings. The van der Waals surface area contributed by atoms with Crippen LogP contribution < -0.4 is 0 Å². The lowest BCUT2D eigenvalue weighted by Gasteiger charge is -1.92. The summed E-state index contributed by atoms with van der Waals surface area (Å²) in [6.45, 7) is 3.28. The quantitative estimate of drug-likeness (QED) is 0.725. The predicted octanol–water partition coefficient (Wildman–Crippen LogP) is 1.95. The van der Waals surface area contributed by atoms with Crippen molar-refractivity contribution in [1.82, 2.24) is 0 Å². The maximum atomic E-state index is 10.4. The van der Waals surface area contributed by atoms with Gasteiger partial charge < -0.3 is 9.52 Å². The zero-order valence-electron chi connectivity index (χ0n) is 7.87. The molecule has 0 radical (unpaired) electrons. The number of carboxylic acid groups (broad SMARTS) is 1. The van der Waals surface area contributed by atoms with Crippen LogP contribution in [0.25, 0.3) is 5.57 Å². The van der Waals surface area contributed by atoms with Crippen molar-refractivity contribution < 1.29 is 14.3 Å². The van der Waals surface area contributed by atoms with Gasteiger partial charge in [0.25, 0.3) is 0 Å². The first-order valence-electron chi connectivity index (χ1n) is 3.96. The van der Waals surface area contributed by atoms with E-state index < -0.39 is 5.97 Å². The highest BCUT2D eigenvalue weighted by molar-refractivity contribution is 5.88. The molecule has 4 heteroatoms. The smallest absolute Gasteiger partial charge is 0.328 e. The number of hydrogen-bond donors (Lipinski definition) is 1. The number of nitrogens with zero attached hydrogens (tertiary/aromatic N) is 1. The van der Waals surface area contributed by atoms with E-state index in [1.54, 1.807) is 13.8 Å². The SMILES string of the molecule is C/C(=C\C(=O)O)c1cc(C#N)c(C)o1. The number of carboxylic acids is 1. The van der Waals surface area contributed by atoms with Crippen molar-refractivity contribution >= 4 is 11.5 Å². The monoisotopic (exact) mass is 191 g/mol. The highest BCUT2D eigenvalue weighted by Gasteiger charge is 2.08. The Bertz CT molecular complexity index is 435. The second-order valence-corrected chi connectivity index (χ2v) is 2.86. The van der Waals surface area contributed by atoms with E-state index in [-0.39, 0.29) is 0 Å². The first kappa shape index (κ1) is 10.1. The van der Waals surface area contributed by atoms with Gasteiger partial charge in [-0.1, -0.05) is 0 Å². The summed E-state index contributed by atoms with van der Waals surface area (Å²) >= 11 is 0. The fourth-order valence-electron chi connectivity index (χ4n) is 1.04. The van der Waals surface area contributed by atoms with E-state index in [2.05, 4.69) is 0 Å². The van der Waals surface area contributed by atoms with Crippen LogP contribution in [0, 0.1) is 18.3 Å². The van der Waals surface area contributed by atoms with Crippen LogP contribution in [0.5, 0.6) is 0 Å². The summed E-state index contributed by atoms with van der Waals surface area (Å²) in [5.74, 6) is -0.114. The first-order chi connectivity index (χ1) is 6.54. The van der Waals surface area contributed by atoms with Gasteiger partial charge in [0, 0.05) is 12.1 Å². The number of furan rings is 1. The summed E-state index contributed by atoms with van der Waals surface area (Å²) < 4.78 is 5.21. The molecule has 0 spiro atoms. The Labute approximate surface area is 81.1 Å². The van der Waals surface area contributed by atoms with E-state index in [0.717, 1.165) is 6.08 Å². The van der Waals surface area contributed by atoms with Crippen molar-refractivity contribution in [3.63, 3.8) is 0 Å². The van der Waals surface area contributed by atoms with Crippen LogP contribution in [0.2, 0.25) is 0 Å². The minimum atomic E-state index is -1.03. The van der Waals surface area contributed by atoms with E-state index in [9.17, 15) is 4.79 Å². The molecule has 1 aromatic heterocycles. The van der Waals surface area contributed by atoms with Crippen LogP contribution in [0.15, 0.2) is 16.6 Å². The van der Waals surface area contributed by atoms with Crippen LogP contribution in [0.4, 0.5) is 0 Å². The average molecular weight is 191 g/mol. The number of aryl methyl sites for hydroxylation is 1. The molecule has 0 amide bonds. The highest BCUT2D eigenvalue weighted by atomic mass is 16.4. The molecule has 14 heavy (non-hydrogen) atoms. The Morgan fingerprint density at radius 3 is 2.79 bits per heavy atom. The number of aliphatic carboxylic acids is 1. The van der Waals surface area contributed by atoms with Crippen LogP contribution in [-0.4, -0.2) is 11.1 Å². The van der Waals surface area contributed by atoms with Gasteiger partial charge in [-0.25, -0.2) is 4.79 Å². The fourth-order valence-corrected chi connectivity index (χ4v) is 1.04. The molecule has 72 valence electrons. The molecule has 0 unspecified atom stereocenters. The van der Waals surface area contributed by atoms with Crippen LogP contribution >= 0.6 is 0 Å². The topological polar surface area (TPSA) is 74.2 Å². The number of hydrogen-bond acceptors (Lipinski definition) is 3. The minimum Gasteiger partial charge on any atom is -0.478 e. The summed E-state index contributed by atoms with van der Waals surface area (Å²) in [5.41, 5.74) is 0.917. The van der Waals surface area contributed by atoms with Crippen molar-refractivity contribution in [2.45, 2.75) is 13.8 Å². The van der Waals surface area contributed by atoms with Gasteiger partial charge in [-0.3, -0.25) is 0 Å². The molecule has 1 N–H and O–H groups in total. The van der Waals surface area contributed by atoms with Gasteiger partial charge in [-0.2, -0.15) is 5.26 Å². The van der Waals surface area contributed by atoms with Crippen LogP contribution in [0.1, 0.15) is 24.0 Å². The second-order valence-electron chi connectivity index (χ2n) is 2.86. The molecule has 4 nitrogen and oxygen atoms in total. The van der Waals surface area contributed by atoms with E-state index in [1.807, 2.05) is 6.07 Å². The van der Waals surface area contributed by atoms with Gasteiger partial charge in [0.2, 0.25) is 0 Å². The van der Waals surface area contributed by atoms with Gasteiger partial charge in [0.15, 0.2) is 0 Å². The number of allylic oxidation sites excluding steroid dienone is 1. The third-order valence-electron chi connectivity index (χ3n) is 1.77. The van der Waals surface area contributed by atoms with E-state index in [4.69, 9.17) is 14.8 Å². The Morgan fingerprint density at radius 2 is 2.36 bits per heavy atom. The lowest BCUT2D eigenvalue weighted by Crippen LogP contribution is -1.88. The largest absolute Gasteiger partial charge is 0.478 e. The number of rotatable bonds is 2. The lowest BCUT2D eigenvalue weighted by molar-refractivity contribution is -0.131. The first-order valence-corrected chi connectivity index (χ1v) is 3.96. The molecule has 0 aliphatic heterocycles. The molecular weight excluding hydrogens is 182 g/mol. The zero-order chi connectivity index (χ0) is 10.7. The maximum absolute atomic E-state index is 10.4. The van der Waals surface area contributed by atoms with Crippen LogP contribution in [-0.2, 0) is 4.79 Å². The van der Waals surface area contributed by atoms with Crippen LogP contribution in [0.3, 0.4) is 0 Å². The fraction of sp³-hybridized carbons (Fsp3) is 0.200. The molecule has 0 bridgehead atoms. The van der Waals surface area contributed by atoms with E-state index in [0.29, 0.717) is 22.7 Å². The van der Waals surface area contributed by atoms with Gasteiger partial charge in [-0.15, -0.1) is 0 Å². The molecule has 0 fully saturated rings. The van der Waals surface area contributed by atoms with Gasteiger partial charge in [-0.05, 0) is 19.4 Å². The summed E-state index contributed by atoms with van der Waals surface area (Å²) in [4.78, 5) is 10.4. The summed E-state index contributed by atoms with van der Waals surface area (Å²) in [6, 6.07) is 3.49. The standard InChI is InChI=1S/C10H9NO3/c1-6(3-10(12)13)9-4-8(5-11)7(2)14-9/h3-4H,1-2H3,(H,12,13)/b6-3+. The summed E-state index contributed by atoms with van der Waals surface area (Å²) in [5, 5.41) is 17.1. The van der Waals surface area contributed by atoms with Crippen molar-refractivity contribution in [2.24, 2.45) is 0 Å². The Hall–Kier alpha value is -2.02. The van der Waals surface area contributed by atoms with Gasteiger partial charge >= 0.3 is 5.97 Å². The molecule has 0 aliphatic carbocycles. The number of carbonyl (C=O) groups is 1. The molecule has 0 atom stereocenters. The minimum absolute atomic E-state index is 0.418.